The molecule has 0 aliphatic carbocycles. The summed E-state index contributed by atoms with van der Waals surface area (Å²) < 4.78 is 34.3. The second kappa shape index (κ2) is 4.20. The lowest BCUT2D eigenvalue weighted by Crippen LogP contribution is -2.23. The zero-order valence-corrected chi connectivity index (χ0v) is 9.50. The summed E-state index contributed by atoms with van der Waals surface area (Å²) in [6.45, 7) is 2.51. The summed E-state index contributed by atoms with van der Waals surface area (Å²) in [5.41, 5.74) is 0. The Kier molecular flexibility index (Phi) is 3.66. The molecule has 0 amide bonds. The third kappa shape index (κ3) is 4.34. The Morgan fingerprint density at radius 3 is 2.38 bits per heavy atom. The maximum atomic E-state index is 12.1. The van der Waals surface area contributed by atoms with E-state index in [0.29, 0.717) is 0 Å². The van der Waals surface area contributed by atoms with Crippen LogP contribution in [0.4, 0.5) is 3.89 Å². The molecule has 0 aromatic carbocycles. The molecule has 1 rings (SSSR count). The molecule has 0 spiro atoms. The Bertz CT molecular complexity index is 262. The highest BCUT2D eigenvalue weighted by atomic mass is 32.3. The quantitative estimate of drug-likeness (QED) is 0.581. The van der Waals surface area contributed by atoms with Crippen molar-refractivity contribution in [1.82, 2.24) is 4.72 Å². The van der Waals surface area contributed by atoms with Gasteiger partial charge in [-0.1, -0.05) is 3.89 Å². The van der Waals surface area contributed by atoms with E-state index >= 15 is 0 Å². The monoisotopic (exact) mass is 228 g/mol. The van der Waals surface area contributed by atoms with E-state index in [0.717, 1.165) is 6.16 Å². The number of halogens is 1. The van der Waals surface area contributed by atoms with E-state index in [-0.39, 0.29) is 6.54 Å². The Balaban J connectivity index is 2.26. The fourth-order valence-corrected chi connectivity index (χ4v) is 5.55. The van der Waals surface area contributed by atoms with Crippen molar-refractivity contribution in [2.75, 3.05) is 31.7 Å². The van der Waals surface area contributed by atoms with Gasteiger partial charge >= 0.3 is 10.4 Å². The largest absolute Gasteiger partial charge is 0.372 e. The van der Waals surface area contributed by atoms with E-state index in [9.17, 15) is 12.3 Å². The first-order valence-electron chi connectivity index (χ1n) is 4.44. The standard InChI is InChI=1S/C7H16FNO2PS/c1-12(5-2-3-6-12)7-4-9-13(8,10)11/h9H,2-7H2,1H3/q+1. The van der Waals surface area contributed by atoms with Gasteiger partial charge in [0, 0.05) is 20.5 Å². The molecule has 0 bridgehead atoms. The van der Waals surface area contributed by atoms with Crippen molar-refractivity contribution in [2.45, 2.75) is 12.8 Å². The molecular weight excluding hydrogens is 212 g/mol. The van der Waals surface area contributed by atoms with Crippen molar-refractivity contribution in [3.63, 3.8) is 0 Å². The molecular formula is C7H16FNO2PS+. The lowest BCUT2D eigenvalue weighted by atomic mass is 10.4. The van der Waals surface area contributed by atoms with E-state index in [2.05, 4.69) is 6.66 Å². The van der Waals surface area contributed by atoms with Gasteiger partial charge in [0.1, 0.15) is 0 Å². The molecule has 1 fully saturated rings. The molecule has 1 heterocycles. The van der Waals surface area contributed by atoms with E-state index in [1.165, 1.54) is 25.2 Å². The van der Waals surface area contributed by atoms with Crippen LogP contribution in [0, 0.1) is 0 Å². The molecule has 1 saturated heterocycles. The Hall–Kier alpha value is 0.270. The van der Waals surface area contributed by atoms with E-state index < -0.39 is 17.7 Å². The number of hydrogen-bond donors (Lipinski definition) is 1. The zero-order valence-electron chi connectivity index (χ0n) is 7.79. The van der Waals surface area contributed by atoms with Crippen molar-refractivity contribution < 1.29 is 12.3 Å². The van der Waals surface area contributed by atoms with Gasteiger partial charge in [0.2, 0.25) is 0 Å². The average molecular weight is 228 g/mol. The molecule has 1 N–H and O–H groups in total. The van der Waals surface area contributed by atoms with E-state index in [4.69, 9.17) is 0 Å². The van der Waals surface area contributed by atoms with Crippen molar-refractivity contribution in [3.8, 4) is 0 Å². The van der Waals surface area contributed by atoms with Crippen LogP contribution >= 0.6 is 7.26 Å². The van der Waals surface area contributed by atoms with Gasteiger partial charge in [-0.25, -0.2) is 0 Å². The SMILES string of the molecule is C[P+]1(CCNS(=O)(=O)F)CCCC1. The molecule has 0 aromatic heterocycles. The maximum absolute atomic E-state index is 12.1. The van der Waals surface area contributed by atoms with E-state index in [1.807, 2.05) is 4.72 Å². The Morgan fingerprint density at radius 2 is 1.92 bits per heavy atom. The highest BCUT2D eigenvalue weighted by Crippen LogP contribution is 2.59. The summed E-state index contributed by atoms with van der Waals surface area (Å²) in [7, 11) is -5.37. The highest BCUT2D eigenvalue weighted by Gasteiger charge is 2.35. The van der Waals surface area contributed by atoms with Crippen LogP contribution in [0.1, 0.15) is 12.8 Å². The molecule has 0 unspecified atom stereocenters. The van der Waals surface area contributed by atoms with Gasteiger partial charge in [-0.2, -0.15) is 13.1 Å². The van der Waals surface area contributed by atoms with Crippen LogP contribution < -0.4 is 4.72 Å². The third-order valence-electron chi connectivity index (χ3n) is 2.57. The van der Waals surface area contributed by atoms with Gasteiger partial charge in [-0.05, 0) is 12.8 Å². The van der Waals surface area contributed by atoms with Crippen LogP contribution in [0.25, 0.3) is 0 Å². The fraction of sp³-hybridized carbons (Fsp3) is 1.00. The fourth-order valence-electron chi connectivity index (χ4n) is 1.76. The summed E-state index contributed by atoms with van der Waals surface area (Å²) in [6.07, 6.45) is 5.83. The highest BCUT2D eigenvalue weighted by molar-refractivity contribution is 7.84. The predicted octanol–water partition coefficient (Wildman–Crippen LogP) is 1.23. The van der Waals surface area contributed by atoms with Gasteiger partial charge in [0.15, 0.2) is 0 Å². The van der Waals surface area contributed by atoms with Gasteiger partial charge < -0.3 is 0 Å². The van der Waals surface area contributed by atoms with Crippen molar-refractivity contribution in [2.24, 2.45) is 0 Å². The average Bonchev–Trinajstić information content (AvgIpc) is 2.33. The van der Waals surface area contributed by atoms with Gasteiger partial charge in [0.05, 0.1) is 18.5 Å². The number of rotatable bonds is 4. The van der Waals surface area contributed by atoms with Crippen LogP contribution in [-0.2, 0) is 10.4 Å². The van der Waals surface area contributed by atoms with Crippen LogP contribution in [0.2, 0.25) is 0 Å². The first-order chi connectivity index (χ1) is 5.91. The molecule has 1 aliphatic rings. The lowest BCUT2D eigenvalue weighted by Gasteiger charge is -2.15. The first-order valence-corrected chi connectivity index (χ1v) is 8.62. The van der Waals surface area contributed by atoms with E-state index in [1.54, 1.807) is 0 Å². The lowest BCUT2D eigenvalue weighted by molar-refractivity contribution is 0.538. The summed E-state index contributed by atoms with van der Waals surface area (Å²) >= 11 is 0. The molecule has 13 heavy (non-hydrogen) atoms. The van der Waals surface area contributed by atoms with Crippen LogP contribution in [0.15, 0.2) is 0 Å². The minimum absolute atomic E-state index is 0.267. The molecule has 6 heteroatoms. The molecule has 0 radical (unpaired) electrons. The second-order valence-corrected chi connectivity index (χ2v) is 9.57. The van der Waals surface area contributed by atoms with Crippen LogP contribution in [-0.4, -0.2) is 40.1 Å². The second-order valence-electron chi connectivity index (χ2n) is 3.83. The summed E-state index contributed by atoms with van der Waals surface area (Å²) in [4.78, 5) is 0. The molecule has 0 aromatic rings. The van der Waals surface area contributed by atoms with Gasteiger partial charge in [0.25, 0.3) is 0 Å². The topological polar surface area (TPSA) is 46.2 Å². The maximum Gasteiger partial charge on any atom is 0.372 e. The molecule has 0 saturated carbocycles. The molecule has 78 valence electrons. The van der Waals surface area contributed by atoms with Crippen molar-refractivity contribution in [1.29, 1.82) is 0 Å². The predicted molar refractivity (Wildman–Crippen MR) is 54.7 cm³/mol. The minimum atomic E-state index is -4.47. The minimum Gasteiger partial charge on any atom is -0.185 e. The van der Waals surface area contributed by atoms with Crippen LogP contribution in [0.5, 0.6) is 0 Å². The van der Waals surface area contributed by atoms with Crippen molar-refractivity contribution in [3.05, 3.63) is 0 Å². The first kappa shape index (κ1) is 11.3. The molecule has 0 atom stereocenters. The molecule has 3 nitrogen and oxygen atoms in total. The summed E-state index contributed by atoms with van der Waals surface area (Å²) in [6, 6.07) is 0. The molecule has 1 aliphatic heterocycles. The Labute approximate surface area is 79.8 Å². The summed E-state index contributed by atoms with van der Waals surface area (Å²) in [5.74, 6) is 0. The normalized spacial score (nSPS) is 22.0. The third-order valence-corrected chi connectivity index (χ3v) is 7.22. The number of nitrogens with one attached hydrogen (secondary N) is 1. The van der Waals surface area contributed by atoms with Gasteiger partial charge in [-0.15, -0.1) is 0 Å². The number of hydrogen-bond acceptors (Lipinski definition) is 2. The van der Waals surface area contributed by atoms with Crippen LogP contribution in [0.3, 0.4) is 0 Å². The zero-order chi connectivity index (χ0) is 9.95. The Morgan fingerprint density at radius 1 is 1.38 bits per heavy atom. The summed E-state index contributed by atoms with van der Waals surface area (Å²) in [5, 5.41) is 0. The smallest absolute Gasteiger partial charge is 0.185 e. The van der Waals surface area contributed by atoms with Gasteiger partial charge in [-0.3, -0.25) is 0 Å². The van der Waals surface area contributed by atoms with Crippen molar-refractivity contribution >= 4 is 17.7 Å².